The van der Waals surface area contributed by atoms with Gasteiger partial charge in [-0.05, 0) is 82.9 Å². The van der Waals surface area contributed by atoms with Crippen LogP contribution in [0.15, 0.2) is 68.1 Å². The summed E-state index contributed by atoms with van der Waals surface area (Å²) < 4.78 is 109. The van der Waals surface area contributed by atoms with Crippen molar-refractivity contribution in [3.8, 4) is 0 Å². The maximum absolute atomic E-state index is 11.9. The maximum Gasteiger partial charge on any atom is 0.294 e. The molecular formula is C22H36N4O10S4. The van der Waals surface area contributed by atoms with Crippen molar-refractivity contribution in [2.75, 3.05) is 0 Å². The van der Waals surface area contributed by atoms with Crippen molar-refractivity contribution in [1.29, 1.82) is 0 Å². The fraction of sp³-hybridized carbons (Fsp3) is 0.455. The predicted octanol–water partition coefficient (Wildman–Crippen LogP) is 0.806. The first kappa shape index (κ1) is 36.0. The van der Waals surface area contributed by atoms with Gasteiger partial charge in [-0.1, -0.05) is 12.1 Å². The van der Waals surface area contributed by atoms with E-state index in [1.807, 2.05) is 0 Å². The molecule has 0 bridgehead atoms. The summed E-state index contributed by atoms with van der Waals surface area (Å²) in [5, 5.41) is 4.76. The van der Waals surface area contributed by atoms with Gasteiger partial charge in [0.1, 0.15) is 0 Å². The van der Waals surface area contributed by atoms with Gasteiger partial charge in [0.15, 0.2) is 0 Å². The van der Waals surface area contributed by atoms with E-state index in [9.17, 15) is 33.7 Å². The number of benzene rings is 2. The monoisotopic (exact) mass is 644 g/mol. The third-order valence-corrected chi connectivity index (χ3v) is 8.90. The molecule has 18 heteroatoms. The largest absolute Gasteiger partial charge is 0.328 e. The smallest absolute Gasteiger partial charge is 0.294 e. The van der Waals surface area contributed by atoms with Gasteiger partial charge in [0.25, 0.3) is 20.2 Å². The predicted molar refractivity (Wildman–Crippen MR) is 148 cm³/mol. The second kappa shape index (κ2) is 13.8. The summed E-state index contributed by atoms with van der Waals surface area (Å²) in [6.07, 6.45) is 5.06. The highest BCUT2D eigenvalue weighted by Gasteiger charge is 2.23. The van der Waals surface area contributed by atoms with Crippen molar-refractivity contribution in [2.24, 2.45) is 16.6 Å². The van der Waals surface area contributed by atoms with E-state index in [1.54, 1.807) is 20.8 Å². The van der Waals surface area contributed by atoms with Gasteiger partial charge < -0.3 is 11.5 Å². The lowest BCUT2D eigenvalue weighted by molar-refractivity contribution is 0.480. The van der Waals surface area contributed by atoms with Gasteiger partial charge in [-0.2, -0.15) is 16.8 Å². The van der Waals surface area contributed by atoms with Gasteiger partial charge in [-0.25, -0.2) is 26.7 Å². The van der Waals surface area contributed by atoms with Crippen LogP contribution in [-0.4, -0.2) is 60.4 Å². The Labute approximate surface area is 235 Å². The topological polar surface area (TPSA) is 267 Å². The zero-order chi connectivity index (χ0) is 31.2. The molecule has 0 spiro atoms. The Hall–Kier alpha value is -2.00. The molecular weight excluding hydrogens is 609 g/mol. The molecule has 14 nitrogen and oxygen atoms in total. The molecule has 2 fully saturated rings. The van der Waals surface area contributed by atoms with E-state index in [-0.39, 0.29) is 9.79 Å². The number of hydrogen-bond donors (Lipinski definition) is 6. The molecule has 2 aliphatic rings. The van der Waals surface area contributed by atoms with E-state index in [0.717, 1.165) is 30.3 Å². The van der Waals surface area contributed by atoms with Crippen molar-refractivity contribution in [3.05, 3.63) is 48.5 Å². The minimum absolute atomic E-state index is 0.215. The Morgan fingerprint density at radius 3 is 1.25 bits per heavy atom. The number of rotatable bonds is 5. The van der Waals surface area contributed by atoms with E-state index >= 15 is 0 Å². The Balaban J connectivity index is 0.000000316. The first-order chi connectivity index (χ1) is 17.9. The molecule has 0 atom stereocenters. The number of primary sulfonamides is 1. The van der Waals surface area contributed by atoms with Gasteiger partial charge in [0, 0.05) is 17.6 Å². The van der Waals surface area contributed by atoms with E-state index in [1.165, 1.54) is 43.9 Å². The summed E-state index contributed by atoms with van der Waals surface area (Å²) in [5.41, 5.74) is 9.76. The van der Waals surface area contributed by atoms with Crippen LogP contribution in [0.3, 0.4) is 0 Å². The highest BCUT2D eigenvalue weighted by atomic mass is 32.2. The van der Waals surface area contributed by atoms with E-state index in [2.05, 4.69) is 4.72 Å². The van der Waals surface area contributed by atoms with E-state index in [0.29, 0.717) is 12.1 Å². The van der Waals surface area contributed by atoms with Crippen LogP contribution in [0.1, 0.15) is 46.5 Å². The Morgan fingerprint density at radius 2 is 0.975 bits per heavy atom. The zero-order valence-corrected chi connectivity index (χ0v) is 25.4. The molecule has 0 unspecified atom stereocenters. The number of nitrogens with two attached hydrogens (primary N) is 3. The fourth-order valence-corrected chi connectivity index (χ4v) is 5.49. The van der Waals surface area contributed by atoms with Crippen LogP contribution in [0.4, 0.5) is 0 Å². The average molecular weight is 645 g/mol. The second-order valence-electron chi connectivity index (χ2n) is 9.98. The highest BCUT2D eigenvalue weighted by molar-refractivity contribution is 7.90. The van der Waals surface area contributed by atoms with Crippen LogP contribution in [0.5, 0.6) is 0 Å². The van der Waals surface area contributed by atoms with E-state index in [4.69, 9.17) is 25.7 Å². The third-order valence-electron chi connectivity index (χ3n) is 4.53. The normalized spacial score (nSPS) is 15.8. The molecule has 2 aliphatic carbocycles. The van der Waals surface area contributed by atoms with Gasteiger partial charge in [-0.15, -0.1) is 0 Å². The molecule has 2 aromatic rings. The van der Waals surface area contributed by atoms with Crippen molar-refractivity contribution in [3.63, 3.8) is 0 Å². The van der Waals surface area contributed by atoms with Crippen LogP contribution in [0.25, 0.3) is 0 Å². The summed E-state index contributed by atoms with van der Waals surface area (Å²) in [4.78, 5) is -1.55. The summed E-state index contributed by atoms with van der Waals surface area (Å²) in [6, 6.07) is 9.83. The molecule has 0 radical (unpaired) electrons. The van der Waals surface area contributed by atoms with E-state index < -0.39 is 55.6 Å². The molecule has 2 saturated carbocycles. The lowest BCUT2D eigenvalue weighted by atomic mass is 10.1. The molecule has 9 N–H and O–H groups in total. The van der Waals surface area contributed by atoms with Crippen LogP contribution < -0.4 is 21.3 Å². The van der Waals surface area contributed by atoms with Crippen molar-refractivity contribution in [2.45, 2.75) is 83.7 Å². The van der Waals surface area contributed by atoms with Gasteiger partial charge in [0.05, 0.1) is 19.6 Å². The third kappa shape index (κ3) is 15.1. The summed E-state index contributed by atoms with van der Waals surface area (Å²) in [6.45, 7) is 4.99. The van der Waals surface area contributed by atoms with Crippen LogP contribution in [-0.2, 0) is 40.3 Å². The maximum atomic E-state index is 11.9. The molecule has 2 aromatic carbocycles. The molecule has 0 heterocycles. The SMILES string of the molecule is CC(C)(C)NS(=O)(=O)c1cccc(S(=O)(=O)O)c1.NC1CC1.NC1CC1.NS(=O)(=O)c1cccc(S(=O)(=O)O)c1. The lowest BCUT2D eigenvalue weighted by Crippen LogP contribution is -2.40. The zero-order valence-electron chi connectivity index (χ0n) is 22.1. The highest BCUT2D eigenvalue weighted by Crippen LogP contribution is 2.18. The first-order valence-electron chi connectivity index (χ1n) is 11.6. The van der Waals surface area contributed by atoms with Crippen LogP contribution >= 0.6 is 0 Å². The van der Waals surface area contributed by atoms with Gasteiger partial charge in [0.2, 0.25) is 20.0 Å². The van der Waals surface area contributed by atoms with Crippen molar-refractivity contribution in [1.82, 2.24) is 4.72 Å². The van der Waals surface area contributed by atoms with Crippen LogP contribution in [0, 0.1) is 0 Å². The second-order valence-corrected chi connectivity index (χ2v) is 16.1. The molecule has 0 amide bonds. The fourth-order valence-electron chi connectivity index (χ4n) is 2.27. The average Bonchev–Trinajstić information content (AvgIpc) is 3.72. The molecule has 4 rings (SSSR count). The molecule has 0 saturated heterocycles. The number of hydrogen-bond acceptors (Lipinski definition) is 10. The standard InChI is InChI=1S/C10H15NO5S2.C6H7NO5S2.2C3H7N/c1-10(2,3)11-17(12,13)8-5-4-6-9(7-8)18(14,15)16;7-13(8,9)5-2-1-3-6(4-5)14(10,11)12;2*4-3-1-2-3/h4-7,11H,1-3H3,(H,14,15,16);1-4H,(H2,7,8,9)(H,10,11,12);2*3H,1-2,4H2. The van der Waals surface area contributed by atoms with Gasteiger partial charge >= 0.3 is 0 Å². The Morgan fingerprint density at radius 1 is 0.675 bits per heavy atom. The Bertz CT molecular complexity index is 1520. The minimum atomic E-state index is -4.42. The number of nitrogens with one attached hydrogen (secondary N) is 1. The summed E-state index contributed by atoms with van der Waals surface area (Å²) >= 11 is 0. The summed E-state index contributed by atoms with van der Waals surface area (Å²) in [7, 11) is -16.6. The quantitative estimate of drug-likeness (QED) is 0.247. The van der Waals surface area contributed by atoms with Crippen LogP contribution in [0.2, 0.25) is 0 Å². The molecule has 40 heavy (non-hydrogen) atoms. The minimum Gasteiger partial charge on any atom is -0.328 e. The molecule has 0 aromatic heterocycles. The Kier molecular flexibility index (Phi) is 12.4. The molecule has 228 valence electrons. The first-order valence-corrected chi connectivity index (χ1v) is 17.6. The summed E-state index contributed by atoms with van der Waals surface area (Å²) in [5.74, 6) is 0. The lowest BCUT2D eigenvalue weighted by Gasteiger charge is -2.20. The molecule has 0 aliphatic heterocycles. The van der Waals surface area contributed by atoms with Crippen molar-refractivity contribution < 1.29 is 42.8 Å². The van der Waals surface area contributed by atoms with Gasteiger partial charge in [-0.3, -0.25) is 9.11 Å². The number of sulfonamides is 2. The van der Waals surface area contributed by atoms with Crippen molar-refractivity contribution >= 4 is 40.3 Å².